The third kappa shape index (κ3) is 3.74. The van der Waals surface area contributed by atoms with Crippen LogP contribution in [-0.2, 0) is 16.4 Å². The van der Waals surface area contributed by atoms with Crippen LogP contribution in [0.25, 0.3) is 0 Å². The van der Waals surface area contributed by atoms with Gasteiger partial charge in [-0.25, -0.2) is 13.1 Å². The van der Waals surface area contributed by atoms with Crippen molar-refractivity contribution in [2.24, 2.45) is 0 Å². The van der Waals surface area contributed by atoms with Crippen LogP contribution in [-0.4, -0.2) is 33.9 Å². The van der Waals surface area contributed by atoms with Crippen LogP contribution in [0.1, 0.15) is 12.5 Å². The molecule has 0 amide bonds. The summed E-state index contributed by atoms with van der Waals surface area (Å²) in [4.78, 5) is 0. The van der Waals surface area contributed by atoms with Crippen molar-refractivity contribution in [3.05, 3.63) is 35.9 Å². The fraction of sp³-hybridized carbons (Fsp3) is 0.429. The first kappa shape index (κ1) is 14.9. The van der Waals surface area contributed by atoms with E-state index in [2.05, 4.69) is 11.3 Å². The summed E-state index contributed by atoms with van der Waals surface area (Å²) in [6.07, 6.45) is 0.606. The molecule has 0 radical (unpaired) electrons. The minimum Gasteiger partial charge on any atom is -0.497 e. The monoisotopic (exact) mass is 297 g/mol. The zero-order chi connectivity index (χ0) is 14.8. The normalized spacial score (nSPS) is 18.0. The summed E-state index contributed by atoms with van der Waals surface area (Å²) in [5.41, 5.74) is 1.58. The van der Waals surface area contributed by atoms with Crippen LogP contribution >= 0.6 is 0 Å². The van der Waals surface area contributed by atoms with Crippen LogP contribution in [0.3, 0.4) is 0 Å². The molecular weight excluding hydrogens is 278 g/mol. The molecule has 6 heteroatoms. The van der Waals surface area contributed by atoms with E-state index in [1.54, 1.807) is 14.0 Å². The van der Waals surface area contributed by atoms with E-state index >= 15 is 0 Å². The summed E-state index contributed by atoms with van der Waals surface area (Å²) in [7, 11) is -1.75. The van der Waals surface area contributed by atoms with Crippen LogP contribution in [0.15, 0.2) is 30.4 Å². The second kappa shape index (κ2) is 5.85. The quantitative estimate of drug-likeness (QED) is 0.836. The van der Waals surface area contributed by atoms with Gasteiger partial charge in [0.2, 0.25) is 10.0 Å². The molecule has 20 heavy (non-hydrogen) atoms. The number of benzene rings is 1. The average molecular weight is 297 g/mol. The van der Waals surface area contributed by atoms with Gasteiger partial charge in [-0.2, -0.15) is 0 Å². The summed E-state index contributed by atoms with van der Waals surface area (Å²) in [6.45, 7) is 5.63. The van der Waals surface area contributed by atoms with Crippen molar-refractivity contribution in [1.29, 1.82) is 0 Å². The van der Waals surface area contributed by atoms with Crippen molar-refractivity contribution in [3.63, 3.8) is 0 Å². The number of ether oxygens (including phenoxy) is 2. The molecule has 0 spiro atoms. The molecule has 0 bridgehead atoms. The SMILES string of the molecule is C=C(C)CS(=O)(=O)N[C@@H]1COc2cc(OC)ccc2C1. The zero-order valence-electron chi connectivity index (χ0n) is 11.7. The molecule has 1 heterocycles. The molecule has 1 aromatic carbocycles. The van der Waals surface area contributed by atoms with E-state index < -0.39 is 10.0 Å². The largest absolute Gasteiger partial charge is 0.497 e. The first-order valence-electron chi connectivity index (χ1n) is 6.34. The summed E-state index contributed by atoms with van der Waals surface area (Å²) in [5, 5.41) is 0. The number of rotatable bonds is 5. The van der Waals surface area contributed by atoms with Gasteiger partial charge in [0.25, 0.3) is 0 Å². The van der Waals surface area contributed by atoms with E-state index in [4.69, 9.17) is 9.47 Å². The Labute approximate surface area is 119 Å². The highest BCUT2D eigenvalue weighted by Crippen LogP contribution is 2.29. The Hall–Kier alpha value is -1.53. The Kier molecular flexibility index (Phi) is 4.35. The van der Waals surface area contributed by atoms with Gasteiger partial charge in [0.05, 0.1) is 18.9 Å². The van der Waals surface area contributed by atoms with Gasteiger partial charge >= 0.3 is 0 Å². The highest BCUT2D eigenvalue weighted by Gasteiger charge is 2.24. The van der Waals surface area contributed by atoms with Crippen LogP contribution in [0.2, 0.25) is 0 Å². The van der Waals surface area contributed by atoms with Gasteiger partial charge in [0.1, 0.15) is 18.1 Å². The van der Waals surface area contributed by atoms with Crippen LogP contribution in [0.5, 0.6) is 11.5 Å². The molecular formula is C14H19NO4S. The zero-order valence-corrected chi connectivity index (χ0v) is 12.5. The van der Waals surface area contributed by atoms with Crippen molar-refractivity contribution in [1.82, 2.24) is 4.72 Å². The fourth-order valence-electron chi connectivity index (χ4n) is 2.18. The summed E-state index contributed by atoms with van der Waals surface area (Å²) in [6, 6.07) is 5.30. The lowest BCUT2D eigenvalue weighted by atomic mass is 10.0. The number of sulfonamides is 1. The topological polar surface area (TPSA) is 64.6 Å². The molecule has 2 rings (SSSR count). The van der Waals surface area contributed by atoms with Crippen molar-refractivity contribution in [2.45, 2.75) is 19.4 Å². The van der Waals surface area contributed by atoms with E-state index in [1.165, 1.54) is 0 Å². The molecule has 1 N–H and O–H groups in total. The molecule has 1 atom stereocenters. The fourth-order valence-corrected chi connectivity index (χ4v) is 3.57. The molecule has 110 valence electrons. The van der Waals surface area contributed by atoms with Gasteiger partial charge < -0.3 is 9.47 Å². The smallest absolute Gasteiger partial charge is 0.215 e. The van der Waals surface area contributed by atoms with E-state index in [9.17, 15) is 8.42 Å². The maximum Gasteiger partial charge on any atom is 0.215 e. The van der Waals surface area contributed by atoms with Gasteiger partial charge in [-0.15, -0.1) is 0 Å². The summed E-state index contributed by atoms with van der Waals surface area (Å²) in [5.74, 6) is 1.42. The molecule has 1 aliphatic heterocycles. The number of fused-ring (bicyclic) bond motifs is 1. The minimum atomic E-state index is -3.35. The summed E-state index contributed by atoms with van der Waals surface area (Å²) < 4.78 is 37.1. The third-order valence-corrected chi connectivity index (χ3v) is 4.53. The Morgan fingerprint density at radius 2 is 2.30 bits per heavy atom. The molecule has 0 unspecified atom stereocenters. The Morgan fingerprint density at radius 1 is 1.55 bits per heavy atom. The third-order valence-electron chi connectivity index (χ3n) is 2.96. The van der Waals surface area contributed by atoms with Crippen molar-refractivity contribution < 1.29 is 17.9 Å². The molecule has 1 aromatic rings. The second-order valence-corrected chi connectivity index (χ2v) is 6.77. The molecule has 0 aliphatic carbocycles. The maximum atomic E-state index is 11.9. The van der Waals surface area contributed by atoms with Gasteiger partial charge in [0.15, 0.2) is 0 Å². The standard InChI is InChI=1S/C14H19NO4S/c1-10(2)9-20(16,17)15-12-6-11-4-5-13(18-3)7-14(11)19-8-12/h4-5,7,12,15H,1,6,8-9H2,2-3H3/t12-/m0/s1. The first-order chi connectivity index (χ1) is 9.39. The maximum absolute atomic E-state index is 11.9. The van der Waals surface area contributed by atoms with Gasteiger partial charge in [-0.3, -0.25) is 0 Å². The Bertz CT molecular complexity index is 610. The van der Waals surface area contributed by atoms with Crippen molar-refractivity contribution in [3.8, 4) is 11.5 Å². The van der Waals surface area contributed by atoms with Crippen molar-refractivity contribution >= 4 is 10.0 Å². The van der Waals surface area contributed by atoms with E-state index in [0.717, 1.165) is 17.1 Å². The van der Waals surface area contributed by atoms with Gasteiger partial charge in [0, 0.05) is 6.07 Å². The number of nitrogens with one attached hydrogen (secondary N) is 1. The van der Waals surface area contributed by atoms with Crippen molar-refractivity contribution in [2.75, 3.05) is 19.5 Å². The predicted octanol–water partition coefficient (Wildman–Crippen LogP) is 1.49. The Balaban J connectivity index is 2.06. The van der Waals surface area contributed by atoms with Gasteiger partial charge in [-0.1, -0.05) is 18.2 Å². The van der Waals surface area contributed by atoms with Crippen LogP contribution < -0.4 is 14.2 Å². The van der Waals surface area contributed by atoms with E-state index in [0.29, 0.717) is 18.6 Å². The first-order valence-corrected chi connectivity index (χ1v) is 7.99. The predicted molar refractivity (Wildman–Crippen MR) is 77.7 cm³/mol. The van der Waals surface area contributed by atoms with Crippen LogP contribution in [0, 0.1) is 0 Å². The minimum absolute atomic E-state index is 0.0566. The highest BCUT2D eigenvalue weighted by atomic mass is 32.2. The van der Waals surface area contributed by atoms with E-state index in [1.807, 2.05) is 18.2 Å². The lowest BCUT2D eigenvalue weighted by Crippen LogP contribution is -2.43. The highest BCUT2D eigenvalue weighted by molar-refractivity contribution is 7.89. The Morgan fingerprint density at radius 3 is 2.95 bits per heavy atom. The number of hydrogen-bond acceptors (Lipinski definition) is 4. The lowest BCUT2D eigenvalue weighted by Gasteiger charge is -2.26. The molecule has 0 saturated carbocycles. The average Bonchev–Trinajstić information content (AvgIpc) is 2.36. The van der Waals surface area contributed by atoms with E-state index in [-0.39, 0.29) is 11.8 Å². The lowest BCUT2D eigenvalue weighted by molar-refractivity contribution is 0.252. The molecule has 1 aliphatic rings. The molecule has 0 aromatic heterocycles. The molecule has 0 fully saturated rings. The number of hydrogen-bond donors (Lipinski definition) is 1. The number of methoxy groups -OCH3 is 1. The van der Waals surface area contributed by atoms with Crippen LogP contribution in [0.4, 0.5) is 0 Å². The molecule has 5 nitrogen and oxygen atoms in total. The molecule has 0 saturated heterocycles. The van der Waals surface area contributed by atoms with Gasteiger partial charge in [-0.05, 0) is 25.0 Å². The second-order valence-electron chi connectivity index (χ2n) is 5.02. The summed E-state index contributed by atoms with van der Waals surface area (Å²) >= 11 is 0.